The molecule has 0 radical (unpaired) electrons. The van der Waals surface area contributed by atoms with Gasteiger partial charge in [-0.05, 0) is 26.0 Å². The van der Waals surface area contributed by atoms with E-state index in [0.29, 0.717) is 17.3 Å². The number of nitrogens with zero attached hydrogens (tertiary/aromatic N) is 1. The number of aryl methyl sites for hydroxylation is 1. The Hall–Kier alpha value is -1.11. The molecule has 0 fully saturated rings. The molecule has 0 amide bonds. The Balaban J connectivity index is 2.45. The standard InChI is InChI=1S/C12H12ClNO3S2/c1-3-17-10-6-4-5-9(7-10)11-14-8(2)12(18-11)19(13,15)16/h4-7H,3H2,1-2H3. The first-order valence-corrected chi connectivity index (χ1v) is 8.69. The van der Waals surface area contributed by atoms with Gasteiger partial charge in [0.15, 0.2) is 4.21 Å². The summed E-state index contributed by atoms with van der Waals surface area (Å²) in [5.74, 6) is 0.725. The summed E-state index contributed by atoms with van der Waals surface area (Å²) in [6, 6.07) is 7.36. The zero-order valence-electron chi connectivity index (χ0n) is 10.4. The maximum atomic E-state index is 11.4. The van der Waals surface area contributed by atoms with E-state index < -0.39 is 9.05 Å². The minimum Gasteiger partial charge on any atom is -0.494 e. The summed E-state index contributed by atoms with van der Waals surface area (Å²) in [7, 11) is 1.62. The summed E-state index contributed by atoms with van der Waals surface area (Å²) in [5.41, 5.74) is 1.22. The van der Waals surface area contributed by atoms with Gasteiger partial charge < -0.3 is 4.74 Å². The zero-order chi connectivity index (χ0) is 14.0. The summed E-state index contributed by atoms with van der Waals surface area (Å²) < 4.78 is 28.3. The van der Waals surface area contributed by atoms with E-state index in [-0.39, 0.29) is 4.21 Å². The highest BCUT2D eigenvalue weighted by molar-refractivity contribution is 8.15. The molecule has 4 nitrogen and oxygen atoms in total. The molecule has 0 N–H and O–H groups in total. The van der Waals surface area contributed by atoms with Crippen molar-refractivity contribution in [3.63, 3.8) is 0 Å². The highest BCUT2D eigenvalue weighted by atomic mass is 35.7. The van der Waals surface area contributed by atoms with E-state index in [4.69, 9.17) is 15.4 Å². The van der Waals surface area contributed by atoms with Crippen molar-refractivity contribution in [2.75, 3.05) is 6.61 Å². The fourth-order valence-electron chi connectivity index (χ4n) is 1.62. The number of halogens is 1. The molecular formula is C12H12ClNO3S2. The Kier molecular flexibility index (Phi) is 4.13. The lowest BCUT2D eigenvalue weighted by Crippen LogP contribution is -1.91. The Labute approximate surface area is 120 Å². The average molecular weight is 318 g/mol. The van der Waals surface area contributed by atoms with Gasteiger partial charge in [-0.25, -0.2) is 13.4 Å². The van der Waals surface area contributed by atoms with Gasteiger partial charge in [-0.1, -0.05) is 12.1 Å². The number of ether oxygens (including phenoxy) is 1. The van der Waals surface area contributed by atoms with Crippen LogP contribution in [0, 0.1) is 6.92 Å². The molecule has 0 aliphatic rings. The minimum atomic E-state index is -3.74. The highest BCUT2D eigenvalue weighted by Crippen LogP contribution is 2.33. The Morgan fingerprint density at radius 2 is 2.16 bits per heavy atom. The molecule has 0 saturated heterocycles. The van der Waals surface area contributed by atoms with Crippen LogP contribution in [0.25, 0.3) is 10.6 Å². The molecule has 1 aromatic heterocycles. The quantitative estimate of drug-likeness (QED) is 0.810. The van der Waals surface area contributed by atoms with Crippen LogP contribution in [0.4, 0.5) is 0 Å². The second-order valence-corrected chi connectivity index (χ2v) is 7.55. The summed E-state index contributed by atoms with van der Waals surface area (Å²) in [5, 5.41) is 0.610. The Morgan fingerprint density at radius 1 is 1.42 bits per heavy atom. The largest absolute Gasteiger partial charge is 0.494 e. The van der Waals surface area contributed by atoms with Gasteiger partial charge in [-0.3, -0.25) is 0 Å². The van der Waals surface area contributed by atoms with Crippen molar-refractivity contribution in [1.29, 1.82) is 0 Å². The van der Waals surface area contributed by atoms with Crippen LogP contribution in [-0.4, -0.2) is 20.0 Å². The van der Waals surface area contributed by atoms with Crippen molar-refractivity contribution >= 4 is 31.1 Å². The van der Waals surface area contributed by atoms with E-state index in [9.17, 15) is 8.42 Å². The summed E-state index contributed by atoms with van der Waals surface area (Å²) in [4.78, 5) is 4.25. The molecule has 0 atom stereocenters. The first kappa shape index (κ1) is 14.3. The average Bonchev–Trinajstić information content (AvgIpc) is 2.72. The molecule has 0 saturated carbocycles. The zero-order valence-corrected chi connectivity index (χ0v) is 12.8. The van der Waals surface area contributed by atoms with E-state index in [1.54, 1.807) is 6.92 Å². The predicted octanol–water partition coefficient (Wildman–Crippen LogP) is 3.44. The van der Waals surface area contributed by atoms with Crippen LogP contribution in [0.3, 0.4) is 0 Å². The number of rotatable bonds is 4. The van der Waals surface area contributed by atoms with Crippen molar-refractivity contribution in [3.05, 3.63) is 30.0 Å². The molecule has 7 heteroatoms. The predicted molar refractivity (Wildman–Crippen MR) is 76.5 cm³/mol. The highest BCUT2D eigenvalue weighted by Gasteiger charge is 2.19. The molecule has 1 heterocycles. The topological polar surface area (TPSA) is 56.3 Å². The first-order valence-electron chi connectivity index (χ1n) is 5.57. The molecule has 102 valence electrons. The number of benzene rings is 1. The lowest BCUT2D eigenvalue weighted by molar-refractivity contribution is 0.340. The van der Waals surface area contributed by atoms with Crippen molar-refractivity contribution in [2.24, 2.45) is 0 Å². The maximum Gasteiger partial charge on any atom is 0.272 e. The van der Waals surface area contributed by atoms with E-state index in [2.05, 4.69) is 4.98 Å². The van der Waals surface area contributed by atoms with Crippen LogP contribution in [-0.2, 0) is 9.05 Å². The molecule has 0 unspecified atom stereocenters. The van der Waals surface area contributed by atoms with Gasteiger partial charge in [0.25, 0.3) is 9.05 Å². The normalized spacial score (nSPS) is 11.5. The maximum absolute atomic E-state index is 11.4. The third-order valence-corrected chi connectivity index (χ3v) is 5.75. The van der Waals surface area contributed by atoms with Crippen molar-refractivity contribution in [2.45, 2.75) is 18.1 Å². The molecule has 0 aliphatic carbocycles. The Morgan fingerprint density at radius 3 is 2.74 bits per heavy atom. The molecule has 0 bridgehead atoms. The van der Waals surface area contributed by atoms with Crippen molar-refractivity contribution < 1.29 is 13.2 Å². The summed E-state index contributed by atoms with van der Waals surface area (Å²) in [6.45, 7) is 4.10. The van der Waals surface area contributed by atoms with Gasteiger partial charge in [-0.2, -0.15) is 0 Å². The van der Waals surface area contributed by atoms with Crippen molar-refractivity contribution in [3.8, 4) is 16.3 Å². The fraction of sp³-hybridized carbons (Fsp3) is 0.250. The van der Waals surface area contributed by atoms with Crippen LogP contribution in [0.2, 0.25) is 0 Å². The third-order valence-electron chi connectivity index (χ3n) is 2.37. The van der Waals surface area contributed by atoms with Gasteiger partial charge >= 0.3 is 0 Å². The van der Waals surface area contributed by atoms with Crippen LogP contribution >= 0.6 is 22.0 Å². The summed E-state index contributed by atoms with van der Waals surface area (Å²) >= 11 is 1.06. The van der Waals surface area contributed by atoms with E-state index in [1.165, 1.54) is 0 Å². The van der Waals surface area contributed by atoms with Gasteiger partial charge in [0, 0.05) is 16.2 Å². The molecule has 2 rings (SSSR count). The second-order valence-electron chi connectivity index (χ2n) is 3.79. The molecule has 0 aliphatic heterocycles. The Bertz CT molecular complexity index is 695. The van der Waals surface area contributed by atoms with Crippen molar-refractivity contribution in [1.82, 2.24) is 4.98 Å². The molecule has 19 heavy (non-hydrogen) atoms. The van der Waals surface area contributed by atoms with E-state index in [0.717, 1.165) is 22.6 Å². The summed E-state index contributed by atoms with van der Waals surface area (Å²) in [6.07, 6.45) is 0. The van der Waals surface area contributed by atoms with E-state index in [1.807, 2.05) is 31.2 Å². The smallest absolute Gasteiger partial charge is 0.272 e. The van der Waals surface area contributed by atoms with E-state index >= 15 is 0 Å². The molecule has 2 aromatic rings. The van der Waals surface area contributed by atoms with Gasteiger partial charge in [0.05, 0.1) is 12.3 Å². The molecule has 0 spiro atoms. The second kappa shape index (κ2) is 5.48. The third kappa shape index (κ3) is 3.26. The van der Waals surface area contributed by atoms with Crippen LogP contribution in [0.5, 0.6) is 5.75 Å². The van der Waals surface area contributed by atoms with Crippen LogP contribution < -0.4 is 4.74 Å². The SMILES string of the molecule is CCOc1cccc(-c2nc(C)c(S(=O)(=O)Cl)s2)c1. The van der Waals surface area contributed by atoms with Crippen LogP contribution in [0.15, 0.2) is 28.5 Å². The first-order chi connectivity index (χ1) is 8.91. The molecular weight excluding hydrogens is 306 g/mol. The number of hydrogen-bond acceptors (Lipinski definition) is 5. The monoisotopic (exact) mass is 317 g/mol. The lowest BCUT2D eigenvalue weighted by Gasteiger charge is -2.03. The fourth-order valence-corrected chi connectivity index (χ4v) is 4.07. The van der Waals surface area contributed by atoms with Crippen LogP contribution in [0.1, 0.15) is 12.6 Å². The number of hydrogen-bond donors (Lipinski definition) is 0. The van der Waals surface area contributed by atoms with Gasteiger partial charge in [0.1, 0.15) is 10.8 Å². The van der Waals surface area contributed by atoms with Gasteiger partial charge in [0.2, 0.25) is 0 Å². The molecule has 1 aromatic carbocycles. The van der Waals surface area contributed by atoms with Gasteiger partial charge in [-0.15, -0.1) is 11.3 Å². The number of aromatic nitrogens is 1. The minimum absolute atomic E-state index is 0.0889. The lowest BCUT2D eigenvalue weighted by atomic mass is 10.2. The number of thiazole rings is 1.